The average molecular weight is 314 g/mol. The van der Waals surface area contributed by atoms with Gasteiger partial charge in [-0.3, -0.25) is 4.98 Å². The summed E-state index contributed by atoms with van der Waals surface area (Å²) in [6.45, 7) is 4.24. The Balaban J connectivity index is 2.02. The van der Waals surface area contributed by atoms with Gasteiger partial charge in [0.25, 0.3) is 0 Å². The maximum Gasteiger partial charge on any atom is 0.234 e. The number of sulfonamides is 1. The number of nitrogens with zero attached hydrogens (tertiary/aromatic N) is 4. The third kappa shape index (κ3) is 3.62. The van der Waals surface area contributed by atoms with E-state index >= 15 is 0 Å². The summed E-state index contributed by atoms with van der Waals surface area (Å²) in [7, 11) is 0.536. The molecule has 0 aliphatic carbocycles. The molecule has 0 radical (unpaired) electrons. The lowest BCUT2D eigenvalue weighted by Gasteiger charge is -2.19. The van der Waals surface area contributed by atoms with Gasteiger partial charge >= 0.3 is 0 Å². The monoisotopic (exact) mass is 314 g/mol. The molecule has 1 aliphatic heterocycles. The Labute approximate surface area is 126 Å². The Morgan fingerprint density at radius 2 is 2.10 bits per heavy atom. The minimum Gasteiger partial charge on any atom is -0.472 e. The Morgan fingerprint density at radius 1 is 1.38 bits per heavy atom. The molecule has 0 saturated carbocycles. The molecule has 1 fully saturated rings. The molecule has 1 atom stereocenters. The van der Waals surface area contributed by atoms with Crippen molar-refractivity contribution in [3.05, 3.63) is 12.4 Å². The minimum atomic E-state index is -3.21. The van der Waals surface area contributed by atoms with Gasteiger partial charge < -0.3 is 9.64 Å². The Kier molecular flexibility index (Phi) is 4.67. The van der Waals surface area contributed by atoms with Crippen molar-refractivity contribution in [1.82, 2.24) is 14.3 Å². The standard InChI is InChI=1S/C13H22N4O3S/c1-10(2)21(18,19)17-6-5-11(9-17)20-13-8-14-7-12(15-13)16(3)4/h7-8,10-11H,5-6,9H2,1-4H3/t11-/m0/s1. The van der Waals surface area contributed by atoms with Crippen LogP contribution < -0.4 is 9.64 Å². The fraction of sp³-hybridized carbons (Fsp3) is 0.692. The van der Waals surface area contributed by atoms with Gasteiger partial charge in [-0.2, -0.15) is 9.29 Å². The molecule has 1 aromatic rings. The summed E-state index contributed by atoms with van der Waals surface area (Å²) >= 11 is 0. The molecule has 2 rings (SSSR count). The van der Waals surface area contributed by atoms with Gasteiger partial charge in [-0.1, -0.05) is 0 Å². The molecule has 118 valence electrons. The van der Waals surface area contributed by atoms with Gasteiger partial charge in [0.05, 0.1) is 24.2 Å². The van der Waals surface area contributed by atoms with E-state index in [9.17, 15) is 8.42 Å². The van der Waals surface area contributed by atoms with Crippen LogP contribution in [0.3, 0.4) is 0 Å². The third-order valence-corrected chi connectivity index (χ3v) is 5.65. The zero-order valence-electron chi connectivity index (χ0n) is 12.9. The molecule has 0 bridgehead atoms. The molecular formula is C13H22N4O3S. The number of aromatic nitrogens is 2. The second-order valence-electron chi connectivity index (χ2n) is 5.59. The number of rotatable bonds is 5. The second-order valence-corrected chi connectivity index (χ2v) is 8.08. The summed E-state index contributed by atoms with van der Waals surface area (Å²) in [5, 5.41) is -0.409. The lowest BCUT2D eigenvalue weighted by atomic mass is 10.3. The first-order chi connectivity index (χ1) is 9.80. The summed E-state index contributed by atoms with van der Waals surface area (Å²) in [5.74, 6) is 1.13. The smallest absolute Gasteiger partial charge is 0.234 e. The van der Waals surface area contributed by atoms with Crippen LogP contribution in [0.15, 0.2) is 12.4 Å². The Hall–Kier alpha value is -1.41. The van der Waals surface area contributed by atoms with Gasteiger partial charge in [0.2, 0.25) is 15.9 Å². The van der Waals surface area contributed by atoms with E-state index in [1.165, 1.54) is 4.31 Å². The highest BCUT2D eigenvalue weighted by molar-refractivity contribution is 7.89. The van der Waals surface area contributed by atoms with E-state index in [2.05, 4.69) is 9.97 Å². The van der Waals surface area contributed by atoms with E-state index in [0.717, 1.165) is 0 Å². The fourth-order valence-corrected chi connectivity index (χ4v) is 3.43. The quantitative estimate of drug-likeness (QED) is 0.798. The van der Waals surface area contributed by atoms with Crippen LogP contribution in [0.4, 0.5) is 5.82 Å². The minimum absolute atomic E-state index is 0.176. The predicted molar refractivity (Wildman–Crippen MR) is 81.0 cm³/mol. The molecule has 8 heteroatoms. The molecule has 0 aromatic carbocycles. The molecule has 7 nitrogen and oxygen atoms in total. The molecule has 0 spiro atoms. The normalized spacial score (nSPS) is 20.0. The van der Waals surface area contributed by atoms with Gasteiger partial charge in [-0.05, 0) is 20.3 Å². The lowest BCUT2D eigenvalue weighted by Crippen LogP contribution is -2.35. The molecule has 21 heavy (non-hydrogen) atoms. The SMILES string of the molecule is CC(C)S(=O)(=O)N1CC[C@H](Oc2cncc(N(C)C)n2)C1. The van der Waals surface area contributed by atoms with Crippen LogP contribution in [0.5, 0.6) is 5.88 Å². The number of anilines is 1. The van der Waals surface area contributed by atoms with Crippen molar-refractivity contribution < 1.29 is 13.2 Å². The topological polar surface area (TPSA) is 75.6 Å². The van der Waals surface area contributed by atoms with Crippen molar-refractivity contribution in [1.29, 1.82) is 0 Å². The predicted octanol–water partition coefficient (Wildman–Crippen LogP) is 0.734. The van der Waals surface area contributed by atoms with Gasteiger partial charge in [0.15, 0.2) is 5.82 Å². The van der Waals surface area contributed by atoms with Crippen molar-refractivity contribution in [2.75, 3.05) is 32.1 Å². The van der Waals surface area contributed by atoms with Crippen LogP contribution in [0, 0.1) is 0 Å². The van der Waals surface area contributed by atoms with Crippen LogP contribution in [0.2, 0.25) is 0 Å². The van der Waals surface area contributed by atoms with E-state index in [4.69, 9.17) is 4.74 Å². The van der Waals surface area contributed by atoms with Crippen molar-refractivity contribution in [3.8, 4) is 5.88 Å². The van der Waals surface area contributed by atoms with Crippen LogP contribution in [-0.4, -0.2) is 61.2 Å². The summed E-state index contributed by atoms with van der Waals surface area (Å²) in [6.07, 6.45) is 3.69. The molecule has 0 unspecified atom stereocenters. The largest absolute Gasteiger partial charge is 0.472 e. The molecule has 2 heterocycles. The first kappa shape index (κ1) is 16.0. The molecule has 0 N–H and O–H groups in total. The number of hydrogen-bond donors (Lipinski definition) is 0. The van der Waals surface area contributed by atoms with Crippen LogP contribution in [0.25, 0.3) is 0 Å². The van der Waals surface area contributed by atoms with Crippen molar-refractivity contribution >= 4 is 15.8 Å². The second kappa shape index (κ2) is 6.15. The summed E-state index contributed by atoms with van der Waals surface area (Å²) in [6, 6.07) is 0. The van der Waals surface area contributed by atoms with E-state index in [0.29, 0.717) is 31.2 Å². The zero-order chi connectivity index (χ0) is 15.6. The van der Waals surface area contributed by atoms with Crippen molar-refractivity contribution in [2.24, 2.45) is 0 Å². The molecule has 1 aliphatic rings. The average Bonchev–Trinajstić information content (AvgIpc) is 2.88. The molecule has 0 amide bonds. The van der Waals surface area contributed by atoms with Crippen molar-refractivity contribution in [2.45, 2.75) is 31.6 Å². The van der Waals surface area contributed by atoms with Gasteiger partial charge in [0, 0.05) is 20.6 Å². The third-order valence-electron chi connectivity index (χ3n) is 3.41. The summed E-state index contributed by atoms with van der Waals surface area (Å²) in [5.41, 5.74) is 0. The van der Waals surface area contributed by atoms with Gasteiger partial charge in [0.1, 0.15) is 6.10 Å². The molecule has 1 aromatic heterocycles. The first-order valence-corrected chi connectivity index (χ1v) is 8.46. The maximum absolute atomic E-state index is 12.1. The maximum atomic E-state index is 12.1. The van der Waals surface area contributed by atoms with Gasteiger partial charge in [-0.15, -0.1) is 0 Å². The highest BCUT2D eigenvalue weighted by atomic mass is 32.2. The van der Waals surface area contributed by atoms with E-state index in [-0.39, 0.29) is 6.10 Å². The van der Waals surface area contributed by atoms with Crippen LogP contribution >= 0.6 is 0 Å². The van der Waals surface area contributed by atoms with Crippen LogP contribution in [0.1, 0.15) is 20.3 Å². The molecular weight excluding hydrogens is 292 g/mol. The number of hydrogen-bond acceptors (Lipinski definition) is 6. The fourth-order valence-electron chi connectivity index (χ4n) is 2.10. The summed E-state index contributed by atoms with van der Waals surface area (Å²) < 4.78 is 31.5. The highest BCUT2D eigenvalue weighted by Gasteiger charge is 2.34. The van der Waals surface area contributed by atoms with E-state index < -0.39 is 15.3 Å². The Bertz CT molecular complexity index is 589. The van der Waals surface area contributed by atoms with Gasteiger partial charge in [-0.25, -0.2) is 8.42 Å². The van der Waals surface area contributed by atoms with Crippen LogP contribution in [-0.2, 0) is 10.0 Å². The van der Waals surface area contributed by atoms with E-state index in [1.54, 1.807) is 26.2 Å². The zero-order valence-corrected chi connectivity index (χ0v) is 13.7. The highest BCUT2D eigenvalue weighted by Crippen LogP contribution is 2.21. The summed E-state index contributed by atoms with van der Waals surface area (Å²) in [4.78, 5) is 10.3. The lowest BCUT2D eigenvalue weighted by molar-refractivity contribution is 0.206. The van der Waals surface area contributed by atoms with Crippen molar-refractivity contribution in [3.63, 3.8) is 0 Å². The first-order valence-electron chi connectivity index (χ1n) is 6.95. The van der Waals surface area contributed by atoms with E-state index in [1.807, 2.05) is 19.0 Å². The number of ether oxygens (including phenoxy) is 1. The molecule has 1 saturated heterocycles. The Morgan fingerprint density at radius 3 is 2.71 bits per heavy atom.